The molecule has 0 saturated carbocycles. The van der Waals surface area contributed by atoms with Gasteiger partial charge in [0, 0.05) is 27.8 Å². The van der Waals surface area contributed by atoms with Gasteiger partial charge >= 0.3 is 0 Å². The Morgan fingerprint density at radius 1 is 1.25 bits per heavy atom. The van der Waals surface area contributed by atoms with Gasteiger partial charge in [-0.1, -0.05) is 40.2 Å². The van der Waals surface area contributed by atoms with Crippen LogP contribution in [0, 0.1) is 0 Å². The molecule has 0 aliphatic heterocycles. The number of aryl methyl sites for hydroxylation is 1. The van der Waals surface area contributed by atoms with Gasteiger partial charge in [0.05, 0.1) is 0 Å². The SMILES string of the molecule is CC(N)(c1ccccc1Br)C1CCCc2cccnc21. The Kier molecular flexibility index (Phi) is 3.65. The molecular weight excluding hydrogens is 312 g/mol. The van der Waals surface area contributed by atoms with Crippen LogP contribution in [-0.2, 0) is 12.0 Å². The van der Waals surface area contributed by atoms with E-state index >= 15 is 0 Å². The van der Waals surface area contributed by atoms with Crippen molar-refractivity contribution in [3.05, 3.63) is 63.9 Å². The third-order valence-corrected chi connectivity index (χ3v) is 5.06. The lowest BCUT2D eigenvalue weighted by Gasteiger charge is -2.38. The van der Waals surface area contributed by atoms with E-state index in [1.54, 1.807) is 0 Å². The molecule has 2 unspecified atom stereocenters. The number of nitrogens with zero attached hydrogens (tertiary/aromatic N) is 1. The molecule has 0 radical (unpaired) electrons. The second-order valence-corrected chi connectivity index (χ2v) is 6.61. The molecular formula is C17H19BrN2. The van der Waals surface area contributed by atoms with E-state index in [1.165, 1.54) is 17.7 Å². The number of halogens is 1. The summed E-state index contributed by atoms with van der Waals surface area (Å²) < 4.78 is 1.08. The van der Waals surface area contributed by atoms with Crippen molar-refractivity contribution in [2.75, 3.05) is 0 Å². The first-order valence-corrected chi connectivity index (χ1v) is 7.87. The summed E-state index contributed by atoms with van der Waals surface area (Å²) in [5.41, 5.74) is 10.0. The maximum Gasteiger partial charge on any atom is 0.0488 e. The van der Waals surface area contributed by atoms with Crippen LogP contribution in [-0.4, -0.2) is 4.98 Å². The lowest BCUT2D eigenvalue weighted by atomic mass is 9.72. The van der Waals surface area contributed by atoms with E-state index in [0.29, 0.717) is 0 Å². The van der Waals surface area contributed by atoms with Crippen LogP contribution in [0.3, 0.4) is 0 Å². The molecule has 2 atom stereocenters. The van der Waals surface area contributed by atoms with Gasteiger partial charge in [0.1, 0.15) is 0 Å². The zero-order chi connectivity index (χ0) is 14.2. The molecule has 20 heavy (non-hydrogen) atoms. The van der Waals surface area contributed by atoms with Crippen molar-refractivity contribution >= 4 is 15.9 Å². The van der Waals surface area contributed by atoms with Crippen LogP contribution in [0.4, 0.5) is 0 Å². The highest BCUT2D eigenvalue weighted by molar-refractivity contribution is 9.10. The van der Waals surface area contributed by atoms with E-state index < -0.39 is 5.54 Å². The molecule has 0 spiro atoms. The van der Waals surface area contributed by atoms with E-state index in [2.05, 4.69) is 46.0 Å². The van der Waals surface area contributed by atoms with Crippen LogP contribution in [0.15, 0.2) is 47.1 Å². The minimum atomic E-state index is -0.413. The van der Waals surface area contributed by atoms with E-state index in [1.807, 2.05) is 24.4 Å². The van der Waals surface area contributed by atoms with Crippen molar-refractivity contribution < 1.29 is 0 Å². The minimum Gasteiger partial charge on any atom is -0.321 e. The molecule has 0 amide bonds. The van der Waals surface area contributed by atoms with Gasteiger partial charge < -0.3 is 5.73 Å². The molecule has 2 nitrogen and oxygen atoms in total. The normalized spacial score (nSPS) is 21.1. The monoisotopic (exact) mass is 330 g/mol. The van der Waals surface area contributed by atoms with Crippen molar-refractivity contribution in [1.29, 1.82) is 0 Å². The maximum atomic E-state index is 6.76. The van der Waals surface area contributed by atoms with Crippen LogP contribution in [0.1, 0.15) is 42.5 Å². The third kappa shape index (κ3) is 2.29. The fourth-order valence-electron chi connectivity index (χ4n) is 3.28. The molecule has 0 bridgehead atoms. The molecule has 2 N–H and O–H groups in total. The zero-order valence-corrected chi connectivity index (χ0v) is 13.2. The van der Waals surface area contributed by atoms with Gasteiger partial charge in [-0.2, -0.15) is 0 Å². The van der Waals surface area contributed by atoms with E-state index in [0.717, 1.165) is 22.9 Å². The van der Waals surface area contributed by atoms with Crippen molar-refractivity contribution in [3.8, 4) is 0 Å². The average molecular weight is 331 g/mol. The Labute approximate surface area is 128 Å². The number of fused-ring (bicyclic) bond motifs is 1. The van der Waals surface area contributed by atoms with Crippen LogP contribution in [0.2, 0.25) is 0 Å². The number of hydrogen-bond donors (Lipinski definition) is 1. The molecule has 3 rings (SSSR count). The zero-order valence-electron chi connectivity index (χ0n) is 11.6. The van der Waals surface area contributed by atoms with Crippen LogP contribution < -0.4 is 5.73 Å². The van der Waals surface area contributed by atoms with E-state index in [4.69, 9.17) is 5.73 Å². The summed E-state index contributed by atoms with van der Waals surface area (Å²) in [6.07, 6.45) is 5.28. The molecule has 1 aliphatic carbocycles. The van der Waals surface area contributed by atoms with Crippen molar-refractivity contribution in [1.82, 2.24) is 4.98 Å². The Bertz CT molecular complexity index is 622. The first-order valence-electron chi connectivity index (χ1n) is 7.08. The summed E-state index contributed by atoms with van der Waals surface area (Å²) in [5.74, 6) is 0.270. The maximum absolute atomic E-state index is 6.76. The molecule has 104 valence electrons. The second-order valence-electron chi connectivity index (χ2n) is 5.76. The van der Waals surface area contributed by atoms with Gasteiger partial charge in [0.15, 0.2) is 0 Å². The smallest absolute Gasteiger partial charge is 0.0488 e. The number of aromatic nitrogens is 1. The Balaban J connectivity index is 2.07. The first kappa shape index (κ1) is 13.8. The summed E-state index contributed by atoms with van der Waals surface area (Å²) in [5, 5.41) is 0. The van der Waals surface area contributed by atoms with Gasteiger partial charge in [-0.15, -0.1) is 0 Å². The Hall–Kier alpha value is -1.19. The lowest BCUT2D eigenvalue weighted by Crippen LogP contribution is -2.42. The molecule has 1 heterocycles. The number of rotatable bonds is 2. The molecule has 0 saturated heterocycles. The summed E-state index contributed by atoms with van der Waals surface area (Å²) >= 11 is 3.64. The highest BCUT2D eigenvalue weighted by Crippen LogP contribution is 2.43. The van der Waals surface area contributed by atoms with Crippen LogP contribution >= 0.6 is 15.9 Å². The van der Waals surface area contributed by atoms with Gasteiger partial charge in [0.25, 0.3) is 0 Å². The van der Waals surface area contributed by atoms with Gasteiger partial charge in [-0.3, -0.25) is 4.98 Å². The standard InChI is InChI=1S/C17H19BrN2/c1-17(19,13-8-2-3-10-15(13)18)14-9-4-6-12-7-5-11-20-16(12)14/h2-3,5,7-8,10-11,14H,4,6,9,19H2,1H3. The number of nitrogens with two attached hydrogens (primary N) is 1. The molecule has 1 aliphatic rings. The fraction of sp³-hybridized carbons (Fsp3) is 0.353. The molecule has 1 aromatic carbocycles. The molecule has 2 aromatic rings. The number of benzene rings is 1. The van der Waals surface area contributed by atoms with Gasteiger partial charge in [-0.05, 0) is 49.4 Å². The average Bonchev–Trinajstić information content (AvgIpc) is 2.47. The summed E-state index contributed by atoms with van der Waals surface area (Å²) in [4.78, 5) is 4.63. The molecule has 1 aromatic heterocycles. The minimum absolute atomic E-state index is 0.270. The van der Waals surface area contributed by atoms with Gasteiger partial charge in [-0.25, -0.2) is 0 Å². The Morgan fingerprint density at radius 3 is 2.85 bits per heavy atom. The van der Waals surface area contributed by atoms with Gasteiger partial charge in [0.2, 0.25) is 0 Å². The van der Waals surface area contributed by atoms with Crippen molar-refractivity contribution in [3.63, 3.8) is 0 Å². The third-order valence-electron chi connectivity index (χ3n) is 4.37. The molecule has 0 fully saturated rings. The van der Waals surface area contributed by atoms with Crippen molar-refractivity contribution in [2.24, 2.45) is 5.73 Å². The first-order chi connectivity index (χ1) is 9.60. The summed E-state index contributed by atoms with van der Waals surface area (Å²) in [6.45, 7) is 2.13. The van der Waals surface area contributed by atoms with E-state index in [9.17, 15) is 0 Å². The van der Waals surface area contributed by atoms with E-state index in [-0.39, 0.29) is 5.92 Å². The highest BCUT2D eigenvalue weighted by Gasteiger charge is 2.37. The predicted octanol–water partition coefficient (Wildman–Crippen LogP) is 4.14. The number of hydrogen-bond acceptors (Lipinski definition) is 2. The van der Waals surface area contributed by atoms with Crippen molar-refractivity contribution in [2.45, 2.75) is 37.6 Å². The molecule has 3 heteroatoms. The lowest BCUT2D eigenvalue weighted by molar-refractivity contribution is 0.340. The topological polar surface area (TPSA) is 38.9 Å². The summed E-state index contributed by atoms with van der Waals surface area (Å²) in [6, 6.07) is 12.5. The Morgan fingerprint density at radius 2 is 2.05 bits per heavy atom. The van der Waals surface area contributed by atoms with Crippen LogP contribution in [0.5, 0.6) is 0 Å². The predicted molar refractivity (Wildman–Crippen MR) is 85.6 cm³/mol. The summed E-state index contributed by atoms with van der Waals surface area (Å²) in [7, 11) is 0. The van der Waals surface area contributed by atoms with Crippen LogP contribution in [0.25, 0.3) is 0 Å². The quantitative estimate of drug-likeness (QED) is 0.898. The number of pyridine rings is 1. The highest BCUT2D eigenvalue weighted by atomic mass is 79.9. The second kappa shape index (κ2) is 5.30. The largest absolute Gasteiger partial charge is 0.321 e. The fourth-order valence-corrected chi connectivity index (χ4v) is 3.99.